The minimum atomic E-state index is -1.02. The first-order chi connectivity index (χ1) is 20.7. The van der Waals surface area contributed by atoms with Crippen LogP contribution in [0.15, 0.2) is 82.8 Å². The van der Waals surface area contributed by atoms with Crippen molar-refractivity contribution in [2.45, 2.75) is 44.4 Å². The molecule has 43 heavy (non-hydrogen) atoms. The van der Waals surface area contributed by atoms with E-state index in [0.29, 0.717) is 18.5 Å². The first-order valence-electron chi connectivity index (χ1n) is 13.9. The van der Waals surface area contributed by atoms with Gasteiger partial charge in [-0.1, -0.05) is 60.7 Å². The van der Waals surface area contributed by atoms with E-state index in [1.54, 1.807) is 6.07 Å². The second-order valence-electron chi connectivity index (χ2n) is 9.77. The van der Waals surface area contributed by atoms with E-state index < -0.39 is 30.0 Å². The predicted octanol–water partition coefficient (Wildman–Crippen LogP) is 1.67. The molecule has 0 fully saturated rings. The van der Waals surface area contributed by atoms with Crippen molar-refractivity contribution < 1.29 is 19.1 Å². The number of amides is 3. The Hall–Kier alpha value is -5.33. The average molecular weight is 590 g/mol. The van der Waals surface area contributed by atoms with E-state index in [2.05, 4.69) is 25.9 Å². The Morgan fingerprint density at radius 1 is 0.698 bits per heavy atom. The topological polar surface area (TPSA) is 225 Å². The Morgan fingerprint density at radius 3 is 1.91 bits per heavy atom. The van der Waals surface area contributed by atoms with Gasteiger partial charge in [0.25, 0.3) is 0 Å². The molecule has 3 rings (SSSR count). The minimum Gasteiger partial charge on any atom is -0.445 e. The fourth-order valence-corrected chi connectivity index (χ4v) is 4.22. The Balaban J connectivity index is 1.71. The number of nitrogens with zero attached hydrogens (tertiary/aromatic N) is 2. The maximum atomic E-state index is 13.4. The zero-order valence-electron chi connectivity index (χ0n) is 23.9. The molecule has 0 unspecified atom stereocenters. The lowest BCUT2D eigenvalue weighted by atomic mass is 10.1. The lowest BCUT2D eigenvalue weighted by Gasteiger charge is -2.23. The number of nitrogens with one attached hydrogen (secondary N) is 3. The van der Waals surface area contributed by atoms with Gasteiger partial charge in [-0.15, -0.1) is 0 Å². The second-order valence-corrected chi connectivity index (χ2v) is 9.77. The van der Waals surface area contributed by atoms with Crippen molar-refractivity contribution in [2.24, 2.45) is 32.9 Å². The zero-order valence-corrected chi connectivity index (χ0v) is 23.9. The molecule has 228 valence electrons. The van der Waals surface area contributed by atoms with Gasteiger partial charge in [-0.25, -0.2) is 4.79 Å². The Bertz CT molecular complexity index is 1420. The number of nitrogens with two attached hydrogens (primary N) is 4. The maximum absolute atomic E-state index is 13.4. The number of anilines is 1. The molecule has 0 spiro atoms. The molecule has 0 aliphatic rings. The molecular formula is C30H39N9O4. The van der Waals surface area contributed by atoms with Crippen LogP contribution in [-0.4, -0.2) is 55.0 Å². The molecule has 13 nitrogen and oxygen atoms in total. The molecule has 0 aliphatic heterocycles. The van der Waals surface area contributed by atoms with Gasteiger partial charge >= 0.3 is 6.09 Å². The van der Waals surface area contributed by atoms with Gasteiger partial charge in [0.05, 0.1) is 0 Å². The summed E-state index contributed by atoms with van der Waals surface area (Å²) in [6.07, 6.45) is 0.441. The van der Waals surface area contributed by atoms with Crippen LogP contribution in [0.1, 0.15) is 31.2 Å². The molecule has 0 saturated carbocycles. The van der Waals surface area contributed by atoms with Gasteiger partial charge in [-0.2, -0.15) is 0 Å². The van der Waals surface area contributed by atoms with Crippen molar-refractivity contribution in [1.29, 1.82) is 0 Å². The smallest absolute Gasteiger partial charge is 0.408 e. The normalized spacial score (nSPS) is 11.9. The number of alkyl carbamates (subject to hydrolysis) is 1. The summed E-state index contributed by atoms with van der Waals surface area (Å²) in [5.74, 6) is -1.15. The molecule has 0 radical (unpaired) electrons. The summed E-state index contributed by atoms with van der Waals surface area (Å²) in [5.41, 5.74) is 23.0. The number of hydrogen-bond donors (Lipinski definition) is 7. The molecule has 0 aromatic heterocycles. The fourth-order valence-electron chi connectivity index (χ4n) is 4.22. The largest absolute Gasteiger partial charge is 0.445 e. The van der Waals surface area contributed by atoms with E-state index in [1.807, 2.05) is 66.7 Å². The van der Waals surface area contributed by atoms with Gasteiger partial charge in [0.2, 0.25) is 11.8 Å². The highest BCUT2D eigenvalue weighted by atomic mass is 16.5. The first kappa shape index (κ1) is 32.2. The Morgan fingerprint density at radius 2 is 1.28 bits per heavy atom. The van der Waals surface area contributed by atoms with E-state index >= 15 is 0 Å². The fraction of sp³-hybridized carbons (Fsp3) is 0.300. The van der Waals surface area contributed by atoms with Crippen LogP contribution in [-0.2, 0) is 20.9 Å². The summed E-state index contributed by atoms with van der Waals surface area (Å²) in [6, 6.07) is 20.4. The van der Waals surface area contributed by atoms with Crippen molar-refractivity contribution in [2.75, 3.05) is 18.4 Å². The van der Waals surface area contributed by atoms with Crippen LogP contribution in [0, 0.1) is 0 Å². The number of carbonyl (C=O) groups excluding carboxylic acids is 3. The van der Waals surface area contributed by atoms with Gasteiger partial charge in [0.15, 0.2) is 11.9 Å². The van der Waals surface area contributed by atoms with Crippen molar-refractivity contribution >= 4 is 46.3 Å². The molecule has 11 N–H and O–H groups in total. The van der Waals surface area contributed by atoms with Crippen molar-refractivity contribution in [1.82, 2.24) is 10.6 Å². The number of fused-ring (bicyclic) bond motifs is 1. The van der Waals surface area contributed by atoms with Crippen LogP contribution in [0.25, 0.3) is 10.8 Å². The van der Waals surface area contributed by atoms with Crippen LogP contribution in [0.5, 0.6) is 0 Å². The monoisotopic (exact) mass is 589 g/mol. The SMILES string of the molecule is NC(N)=NCCC[C@H](NC(=O)OCc1ccccc1)C(=O)N[C@@H](CCCN=C(N)N)C(=O)Nc1ccc2ccccc2c1. The third-order valence-electron chi connectivity index (χ3n) is 6.36. The molecule has 3 aromatic rings. The van der Waals surface area contributed by atoms with Crippen molar-refractivity contribution in [3.63, 3.8) is 0 Å². The van der Waals surface area contributed by atoms with Crippen LogP contribution in [0.2, 0.25) is 0 Å². The van der Waals surface area contributed by atoms with E-state index in [1.165, 1.54) is 0 Å². The third-order valence-corrected chi connectivity index (χ3v) is 6.36. The van der Waals surface area contributed by atoms with E-state index in [9.17, 15) is 14.4 Å². The summed E-state index contributed by atoms with van der Waals surface area (Å²) in [4.78, 5) is 47.3. The summed E-state index contributed by atoms with van der Waals surface area (Å²) in [5, 5.41) is 10.2. The van der Waals surface area contributed by atoms with Crippen LogP contribution < -0.4 is 38.9 Å². The molecular weight excluding hydrogens is 550 g/mol. The van der Waals surface area contributed by atoms with Gasteiger partial charge in [-0.3, -0.25) is 19.6 Å². The number of benzene rings is 3. The van der Waals surface area contributed by atoms with Crippen molar-refractivity contribution in [3.05, 3.63) is 78.4 Å². The molecule has 13 heteroatoms. The van der Waals surface area contributed by atoms with E-state index in [4.69, 9.17) is 27.7 Å². The summed E-state index contributed by atoms with van der Waals surface area (Å²) < 4.78 is 5.31. The summed E-state index contributed by atoms with van der Waals surface area (Å²) >= 11 is 0. The lowest BCUT2D eigenvalue weighted by Crippen LogP contribution is -2.52. The highest BCUT2D eigenvalue weighted by Gasteiger charge is 2.27. The van der Waals surface area contributed by atoms with Crippen LogP contribution in [0.4, 0.5) is 10.5 Å². The van der Waals surface area contributed by atoms with Crippen LogP contribution in [0.3, 0.4) is 0 Å². The van der Waals surface area contributed by atoms with Gasteiger partial charge in [0, 0.05) is 18.8 Å². The van der Waals surface area contributed by atoms with Crippen molar-refractivity contribution in [3.8, 4) is 0 Å². The minimum absolute atomic E-state index is 0.0244. The van der Waals surface area contributed by atoms with Gasteiger partial charge in [0.1, 0.15) is 18.7 Å². The second kappa shape index (κ2) is 16.8. The zero-order chi connectivity index (χ0) is 31.0. The molecule has 0 saturated heterocycles. The standard InChI is InChI=1S/C30H39N9O4/c31-28(32)35-16-6-12-24(26(40)37-23-15-14-21-10-4-5-11-22(21)18-23)38-27(41)25(13-7-17-36-29(33)34)39-30(42)43-19-20-8-2-1-3-9-20/h1-5,8-11,14-15,18,24-25H,6-7,12-13,16-17,19H2,(H,37,40)(H,38,41)(H,39,42)(H4,31,32,35)(H4,33,34,36)/t24-,25-/m0/s1. The Kier molecular flexibility index (Phi) is 12.6. The van der Waals surface area contributed by atoms with Gasteiger partial charge < -0.3 is 43.6 Å². The van der Waals surface area contributed by atoms with Crippen LogP contribution >= 0.6 is 0 Å². The predicted molar refractivity (Wildman–Crippen MR) is 168 cm³/mol. The Labute approximate surface area is 250 Å². The third kappa shape index (κ3) is 11.6. The molecule has 2 atom stereocenters. The quantitative estimate of drug-likeness (QED) is 0.0782. The summed E-state index contributed by atoms with van der Waals surface area (Å²) in [6.45, 7) is 0.539. The molecule has 0 heterocycles. The molecule has 3 amide bonds. The van der Waals surface area contributed by atoms with Gasteiger partial charge in [-0.05, 0) is 54.2 Å². The number of ether oxygens (including phenoxy) is 1. The highest BCUT2D eigenvalue weighted by Crippen LogP contribution is 2.19. The molecule has 3 aromatic carbocycles. The van der Waals surface area contributed by atoms with E-state index in [0.717, 1.165) is 16.3 Å². The number of guanidine groups is 2. The average Bonchev–Trinajstić information content (AvgIpc) is 2.99. The number of aliphatic imine (C=N–C) groups is 2. The number of rotatable bonds is 15. The summed E-state index contributed by atoms with van der Waals surface area (Å²) in [7, 11) is 0. The number of hydrogen-bond acceptors (Lipinski definition) is 6. The highest BCUT2D eigenvalue weighted by molar-refractivity contribution is 5.99. The van der Waals surface area contributed by atoms with E-state index in [-0.39, 0.29) is 44.5 Å². The first-order valence-corrected chi connectivity index (χ1v) is 13.9. The number of carbonyl (C=O) groups is 3. The lowest BCUT2D eigenvalue weighted by molar-refractivity contribution is -0.128. The molecule has 0 bridgehead atoms. The maximum Gasteiger partial charge on any atom is 0.408 e. The molecule has 0 aliphatic carbocycles.